The van der Waals surface area contributed by atoms with Crippen LogP contribution in [0, 0.1) is 0 Å². The largest absolute Gasteiger partial charge is 0.478 e. The first-order valence-electron chi connectivity index (χ1n) is 5.86. The molecule has 0 spiro atoms. The molecule has 0 saturated carbocycles. The Morgan fingerprint density at radius 3 is 2.65 bits per heavy atom. The summed E-state index contributed by atoms with van der Waals surface area (Å²) >= 11 is 0. The maximum atomic E-state index is 11.8. The first kappa shape index (κ1) is 15.5. The summed E-state index contributed by atoms with van der Waals surface area (Å²) in [6.45, 7) is 0.205. The predicted octanol–water partition coefficient (Wildman–Crippen LogP) is 1.41. The molecule has 2 amide bonds. The molecule has 0 aromatic heterocycles. The van der Waals surface area contributed by atoms with Gasteiger partial charge < -0.3 is 20.1 Å². The summed E-state index contributed by atoms with van der Waals surface area (Å²) in [5, 5.41) is 11.4. The number of anilines is 1. The van der Waals surface area contributed by atoms with E-state index in [1.165, 1.54) is 37.3 Å². The summed E-state index contributed by atoms with van der Waals surface area (Å²) in [7, 11) is 2.80. The van der Waals surface area contributed by atoms with Gasteiger partial charge in [-0.1, -0.05) is 6.07 Å². The van der Waals surface area contributed by atoms with Gasteiger partial charge in [0.25, 0.3) is 0 Å². The lowest BCUT2D eigenvalue weighted by Crippen LogP contribution is -2.33. The van der Waals surface area contributed by atoms with Gasteiger partial charge in [-0.15, -0.1) is 0 Å². The SMILES string of the molecule is COC(=O)CCN(C)C(=O)Nc1cccc(C(=O)O)c1. The Kier molecular flexibility index (Phi) is 5.52. The molecule has 7 heteroatoms. The minimum absolute atomic E-state index is 0.0833. The third-order valence-corrected chi connectivity index (χ3v) is 2.59. The third-order valence-electron chi connectivity index (χ3n) is 2.59. The van der Waals surface area contributed by atoms with E-state index < -0.39 is 18.0 Å². The average Bonchev–Trinajstić information content (AvgIpc) is 2.44. The fourth-order valence-electron chi connectivity index (χ4n) is 1.41. The lowest BCUT2D eigenvalue weighted by Gasteiger charge is -2.17. The second kappa shape index (κ2) is 7.13. The number of methoxy groups -OCH3 is 1. The molecule has 0 atom stereocenters. The van der Waals surface area contributed by atoms with Crippen molar-refractivity contribution in [3.63, 3.8) is 0 Å². The summed E-state index contributed by atoms with van der Waals surface area (Å²) in [4.78, 5) is 34.9. The van der Waals surface area contributed by atoms with Crippen molar-refractivity contribution in [2.45, 2.75) is 6.42 Å². The van der Waals surface area contributed by atoms with Crippen LogP contribution in [-0.2, 0) is 9.53 Å². The number of hydrogen-bond donors (Lipinski definition) is 2. The molecule has 1 aromatic carbocycles. The molecular formula is C13H16N2O5. The Balaban J connectivity index is 2.59. The van der Waals surface area contributed by atoms with Crippen LogP contribution in [0.5, 0.6) is 0 Å². The van der Waals surface area contributed by atoms with Crippen LogP contribution in [0.4, 0.5) is 10.5 Å². The van der Waals surface area contributed by atoms with E-state index >= 15 is 0 Å². The van der Waals surface area contributed by atoms with E-state index in [-0.39, 0.29) is 18.5 Å². The molecule has 0 aliphatic carbocycles. The predicted molar refractivity (Wildman–Crippen MR) is 71.7 cm³/mol. The maximum Gasteiger partial charge on any atom is 0.335 e. The van der Waals surface area contributed by atoms with Crippen molar-refractivity contribution in [3.05, 3.63) is 29.8 Å². The van der Waals surface area contributed by atoms with Gasteiger partial charge in [0, 0.05) is 19.3 Å². The number of nitrogens with one attached hydrogen (secondary N) is 1. The van der Waals surface area contributed by atoms with Gasteiger partial charge in [-0.25, -0.2) is 9.59 Å². The Bertz CT molecular complexity index is 515. The second-order valence-corrected chi connectivity index (χ2v) is 4.06. The number of carbonyl (C=O) groups is 3. The van der Waals surface area contributed by atoms with Gasteiger partial charge in [0.05, 0.1) is 19.1 Å². The summed E-state index contributed by atoms with van der Waals surface area (Å²) in [5.41, 5.74) is 0.458. The number of nitrogens with zero attached hydrogens (tertiary/aromatic N) is 1. The highest BCUT2D eigenvalue weighted by Crippen LogP contribution is 2.11. The van der Waals surface area contributed by atoms with Crippen LogP contribution >= 0.6 is 0 Å². The zero-order valence-electron chi connectivity index (χ0n) is 11.3. The third kappa shape index (κ3) is 4.60. The highest BCUT2D eigenvalue weighted by Gasteiger charge is 2.12. The Morgan fingerprint density at radius 2 is 2.05 bits per heavy atom. The van der Waals surface area contributed by atoms with E-state index in [9.17, 15) is 14.4 Å². The number of benzene rings is 1. The van der Waals surface area contributed by atoms with Gasteiger partial charge in [0.15, 0.2) is 0 Å². The topological polar surface area (TPSA) is 95.9 Å². The van der Waals surface area contributed by atoms with Gasteiger partial charge in [0.1, 0.15) is 0 Å². The summed E-state index contributed by atoms with van der Waals surface area (Å²) in [6, 6.07) is 5.47. The van der Waals surface area contributed by atoms with Crippen molar-refractivity contribution in [1.29, 1.82) is 0 Å². The molecular weight excluding hydrogens is 264 g/mol. The molecule has 0 bridgehead atoms. The van der Waals surface area contributed by atoms with Crippen molar-refractivity contribution in [3.8, 4) is 0 Å². The number of amides is 2. The lowest BCUT2D eigenvalue weighted by atomic mass is 10.2. The number of esters is 1. The minimum atomic E-state index is -1.07. The molecule has 0 aliphatic rings. The number of hydrogen-bond acceptors (Lipinski definition) is 4. The molecule has 108 valence electrons. The van der Waals surface area contributed by atoms with Crippen LogP contribution in [0.15, 0.2) is 24.3 Å². The fourth-order valence-corrected chi connectivity index (χ4v) is 1.41. The highest BCUT2D eigenvalue weighted by atomic mass is 16.5. The quantitative estimate of drug-likeness (QED) is 0.795. The first-order valence-corrected chi connectivity index (χ1v) is 5.86. The molecule has 1 rings (SSSR count). The normalized spacial score (nSPS) is 9.70. The number of aromatic carboxylic acids is 1. The zero-order valence-corrected chi connectivity index (χ0v) is 11.3. The van der Waals surface area contributed by atoms with Crippen molar-refractivity contribution in [1.82, 2.24) is 4.90 Å². The molecule has 0 radical (unpaired) electrons. The molecule has 0 heterocycles. The Morgan fingerprint density at radius 1 is 1.35 bits per heavy atom. The molecule has 0 aliphatic heterocycles. The number of urea groups is 1. The van der Waals surface area contributed by atoms with Gasteiger partial charge in [-0.05, 0) is 18.2 Å². The van der Waals surface area contributed by atoms with Gasteiger partial charge in [0.2, 0.25) is 0 Å². The summed E-state index contributed by atoms with van der Waals surface area (Å²) in [6.07, 6.45) is 0.0928. The van der Waals surface area contributed by atoms with E-state index in [0.717, 1.165) is 0 Å². The Hall–Kier alpha value is -2.57. The van der Waals surface area contributed by atoms with Crippen LogP contribution in [0.3, 0.4) is 0 Å². The zero-order chi connectivity index (χ0) is 15.1. The second-order valence-electron chi connectivity index (χ2n) is 4.06. The summed E-state index contributed by atoms with van der Waals surface area (Å²) in [5.74, 6) is -1.47. The maximum absolute atomic E-state index is 11.8. The molecule has 20 heavy (non-hydrogen) atoms. The van der Waals surface area contributed by atoms with E-state index in [4.69, 9.17) is 5.11 Å². The number of rotatable bonds is 5. The van der Waals surface area contributed by atoms with E-state index in [2.05, 4.69) is 10.1 Å². The number of carboxylic acids is 1. The van der Waals surface area contributed by atoms with E-state index in [0.29, 0.717) is 5.69 Å². The molecule has 0 fully saturated rings. The summed E-state index contributed by atoms with van der Waals surface area (Å²) < 4.78 is 4.48. The van der Waals surface area contributed by atoms with Crippen LogP contribution in [0.25, 0.3) is 0 Å². The van der Waals surface area contributed by atoms with Crippen molar-refractivity contribution in [2.75, 3.05) is 26.0 Å². The Labute approximate surface area is 116 Å². The van der Waals surface area contributed by atoms with Crippen molar-refractivity contribution in [2.24, 2.45) is 0 Å². The lowest BCUT2D eigenvalue weighted by molar-refractivity contribution is -0.140. The van der Waals surface area contributed by atoms with E-state index in [1.54, 1.807) is 6.07 Å². The number of ether oxygens (including phenoxy) is 1. The van der Waals surface area contributed by atoms with Gasteiger partial charge >= 0.3 is 18.0 Å². The monoisotopic (exact) mass is 280 g/mol. The average molecular weight is 280 g/mol. The molecule has 1 aromatic rings. The van der Waals surface area contributed by atoms with Crippen LogP contribution < -0.4 is 5.32 Å². The minimum Gasteiger partial charge on any atom is -0.478 e. The molecule has 0 saturated heterocycles. The number of carboxylic acid groups (broad SMARTS) is 1. The fraction of sp³-hybridized carbons (Fsp3) is 0.308. The smallest absolute Gasteiger partial charge is 0.335 e. The first-order chi connectivity index (χ1) is 9.43. The van der Waals surface area contributed by atoms with Gasteiger partial charge in [-0.3, -0.25) is 4.79 Å². The standard InChI is InChI=1S/C13H16N2O5/c1-15(7-6-11(16)20-2)13(19)14-10-5-3-4-9(8-10)12(17)18/h3-5,8H,6-7H2,1-2H3,(H,14,19)(H,17,18). The van der Waals surface area contributed by atoms with Gasteiger partial charge in [-0.2, -0.15) is 0 Å². The molecule has 2 N–H and O–H groups in total. The molecule has 0 unspecified atom stereocenters. The van der Waals surface area contributed by atoms with Crippen molar-refractivity contribution >= 4 is 23.7 Å². The van der Waals surface area contributed by atoms with Crippen LogP contribution in [-0.4, -0.2) is 48.7 Å². The molecule has 7 nitrogen and oxygen atoms in total. The van der Waals surface area contributed by atoms with Crippen molar-refractivity contribution < 1.29 is 24.2 Å². The van der Waals surface area contributed by atoms with Crippen LogP contribution in [0.1, 0.15) is 16.8 Å². The van der Waals surface area contributed by atoms with Crippen LogP contribution in [0.2, 0.25) is 0 Å². The van der Waals surface area contributed by atoms with E-state index in [1.807, 2.05) is 0 Å². The number of carbonyl (C=O) groups excluding carboxylic acids is 2. The highest BCUT2D eigenvalue weighted by molar-refractivity contribution is 5.93.